The minimum atomic E-state index is -3.69. The van der Waals surface area contributed by atoms with Crippen LogP contribution in [0.1, 0.15) is 38.4 Å². The Morgan fingerprint density at radius 3 is 1.84 bits per heavy atom. The Balaban J connectivity index is 0.000000178. The van der Waals surface area contributed by atoms with E-state index in [2.05, 4.69) is 31.1 Å². The van der Waals surface area contributed by atoms with Crippen LogP contribution in [0.25, 0.3) is 11.1 Å². The van der Waals surface area contributed by atoms with Crippen molar-refractivity contribution in [3.8, 4) is 0 Å². The van der Waals surface area contributed by atoms with Crippen molar-refractivity contribution in [2.45, 2.75) is 18.8 Å². The largest absolute Gasteiger partial charge is 0.434 e. The Kier molecular flexibility index (Phi) is 7.53. The Morgan fingerprint density at radius 1 is 0.711 bits per heavy atom. The van der Waals surface area contributed by atoms with E-state index >= 15 is 0 Å². The number of ketones is 2. The number of halogens is 5. The number of rotatable bonds is 6. The Hall–Kier alpha value is -4.19. The number of hydrogen-bond acceptors (Lipinski definition) is 7. The van der Waals surface area contributed by atoms with Crippen LogP contribution in [0.5, 0.6) is 0 Å². The molecule has 0 spiro atoms. The minimum absolute atomic E-state index is 0.0601. The predicted molar refractivity (Wildman–Crippen MR) is 130 cm³/mol. The number of Topliss-reactive ketones (excluding diaryl/α,β-unsaturated/α-hetero) is 2. The average Bonchev–Trinajstić information content (AvgIpc) is 3.55. The maximum atomic E-state index is 14.1. The fraction of sp³-hybridized carbons (Fsp3) is 0.115. The molecule has 0 atom stereocenters. The lowest BCUT2D eigenvalue weighted by Crippen LogP contribution is -2.26. The lowest BCUT2D eigenvalue weighted by molar-refractivity contribution is 0.00414. The predicted octanol–water partition coefficient (Wildman–Crippen LogP) is 6.92. The van der Waals surface area contributed by atoms with E-state index in [1.807, 2.05) is 0 Å². The van der Waals surface area contributed by atoms with E-state index in [1.165, 1.54) is 43.3 Å². The first-order valence-electron chi connectivity index (χ1n) is 10.8. The summed E-state index contributed by atoms with van der Waals surface area (Å²) >= 11 is 3.13. The third-order valence-electron chi connectivity index (χ3n) is 5.12. The number of para-hydroxylation sites is 2. The van der Waals surface area contributed by atoms with Gasteiger partial charge in [0.2, 0.25) is 5.89 Å². The Labute approximate surface area is 220 Å². The number of fused-ring (bicyclic) bond motifs is 1. The molecule has 0 saturated heterocycles. The van der Waals surface area contributed by atoms with Crippen LogP contribution in [0, 0.1) is 6.92 Å². The van der Waals surface area contributed by atoms with Gasteiger partial charge in [-0.1, -0.05) is 70.5 Å². The topological polar surface area (TPSA) is 99.1 Å². The maximum absolute atomic E-state index is 14.1. The quantitative estimate of drug-likeness (QED) is 0.156. The molecule has 38 heavy (non-hydrogen) atoms. The van der Waals surface area contributed by atoms with Crippen molar-refractivity contribution in [3.63, 3.8) is 0 Å². The second-order valence-corrected chi connectivity index (χ2v) is 8.71. The fourth-order valence-corrected chi connectivity index (χ4v) is 3.46. The van der Waals surface area contributed by atoms with E-state index in [0.29, 0.717) is 15.6 Å². The summed E-state index contributed by atoms with van der Waals surface area (Å²) in [6.45, 7) is 1.42. The number of aryl methyl sites for hydroxylation is 1. The SMILES string of the molecule is Cc1nnc(C(=O)C(F)(F)c2ccc(Br)cc2)o1.O=C(c1nc2ccccc2o1)C(F)(F)c1ccccc1. The summed E-state index contributed by atoms with van der Waals surface area (Å²) in [6, 6.07) is 18.6. The van der Waals surface area contributed by atoms with Crippen molar-refractivity contribution in [2.24, 2.45) is 0 Å². The van der Waals surface area contributed by atoms with E-state index in [0.717, 1.165) is 12.1 Å². The van der Waals surface area contributed by atoms with Crippen LogP contribution in [-0.4, -0.2) is 26.7 Å². The van der Waals surface area contributed by atoms with Gasteiger partial charge < -0.3 is 8.83 Å². The third kappa shape index (κ3) is 5.54. The van der Waals surface area contributed by atoms with Gasteiger partial charge in [-0.15, -0.1) is 10.2 Å². The first-order valence-corrected chi connectivity index (χ1v) is 11.6. The van der Waals surface area contributed by atoms with Gasteiger partial charge in [0, 0.05) is 22.5 Å². The van der Waals surface area contributed by atoms with Crippen LogP contribution >= 0.6 is 15.9 Å². The molecule has 0 saturated carbocycles. The maximum Gasteiger partial charge on any atom is 0.339 e. The number of carbonyl (C=O) groups excluding carboxylic acids is 2. The molecule has 0 aliphatic heterocycles. The summed E-state index contributed by atoms with van der Waals surface area (Å²) in [5, 5.41) is 6.65. The van der Waals surface area contributed by atoms with E-state index in [-0.39, 0.29) is 11.5 Å². The highest BCUT2D eigenvalue weighted by atomic mass is 79.9. The highest BCUT2D eigenvalue weighted by Crippen LogP contribution is 2.33. The van der Waals surface area contributed by atoms with Gasteiger partial charge in [0.1, 0.15) is 5.52 Å². The van der Waals surface area contributed by atoms with Gasteiger partial charge in [-0.05, 0) is 24.3 Å². The first kappa shape index (κ1) is 26.9. The number of aromatic nitrogens is 3. The zero-order valence-corrected chi connectivity index (χ0v) is 21.0. The molecule has 12 heteroatoms. The molecular formula is C26H16BrF4N3O4. The van der Waals surface area contributed by atoms with Crippen LogP contribution in [0.3, 0.4) is 0 Å². The molecule has 2 aromatic heterocycles. The molecule has 194 valence electrons. The lowest BCUT2D eigenvalue weighted by Gasteiger charge is -2.12. The van der Waals surface area contributed by atoms with Gasteiger partial charge in [-0.3, -0.25) is 9.59 Å². The molecule has 0 bridgehead atoms. The molecule has 2 heterocycles. The van der Waals surface area contributed by atoms with Crippen molar-refractivity contribution in [3.05, 3.63) is 112 Å². The summed E-state index contributed by atoms with van der Waals surface area (Å²) < 4.78 is 66.5. The normalized spacial score (nSPS) is 11.6. The standard InChI is InChI=1S/C15H9F2NO2.C11H7BrF2N2O2/c16-15(17,10-6-2-1-3-7-10)13(19)14-18-11-8-4-5-9-12(11)20-14;1-6-15-16-10(18-6)9(17)11(13,14)7-2-4-8(12)5-3-7/h1-9H;2-5H,1H3. The monoisotopic (exact) mass is 589 g/mol. The molecule has 5 rings (SSSR count). The van der Waals surface area contributed by atoms with Crippen LogP contribution in [-0.2, 0) is 11.8 Å². The number of alkyl halides is 4. The molecule has 0 unspecified atom stereocenters. The molecule has 5 aromatic rings. The molecule has 0 aliphatic rings. The van der Waals surface area contributed by atoms with Gasteiger partial charge >= 0.3 is 11.8 Å². The van der Waals surface area contributed by atoms with E-state index in [1.54, 1.807) is 30.3 Å². The zero-order chi connectivity index (χ0) is 27.5. The number of benzene rings is 3. The number of hydrogen-bond donors (Lipinski definition) is 0. The lowest BCUT2D eigenvalue weighted by atomic mass is 10.0. The molecule has 0 fully saturated rings. The number of carbonyl (C=O) groups is 2. The van der Waals surface area contributed by atoms with Crippen molar-refractivity contribution >= 4 is 38.6 Å². The summed E-state index contributed by atoms with van der Waals surface area (Å²) in [5.41, 5.74) is -0.127. The number of nitrogens with zero attached hydrogens (tertiary/aromatic N) is 3. The highest BCUT2D eigenvalue weighted by Gasteiger charge is 2.45. The summed E-state index contributed by atoms with van der Waals surface area (Å²) in [6.07, 6.45) is 0. The van der Waals surface area contributed by atoms with Gasteiger partial charge in [-0.2, -0.15) is 17.6 Å². The molecule has 0 amide bonds. The van der Waals surface area contributed by atoms with Gasteiger partial charge in [-0.25, -0.2) is 4.98 Å². The van der Waals surface area contributed by atoms with Crippen LogP contribution in [0.4, 0.5) is 17.6 Å². The fourth-order valence-electron chi connectivity index (χ4n) is 3.20. The smallest absolute Gasteiger partial charge is 0.339 e. The van der Waals surface area contributed by atoms with Crippen molar-refractivity contribution in [1.29, 1.82) is 0 Å². The third-order valence-corrected chi connectivity index (χ3v) is 5.65. The molecule has 0 radical (unpaired) electrons. The second-order valence-electron chi connectivity index (χ2n) is 7.79. The molecule has 3 aromatic carbocycles. The van der Waals surface area contributed by atoms with Gasteiger partial charge in [0.15, 0.2) is 5.58 Å². The molecular weight excluding hydrogens is 574 g/mol. The van der Waals surface area contributed by atoms with Gasteiger partial charge in [0.25, 0.3) is 23.3 Å². The Bertz CT molecular complexity index is 1550. The van der Waals surface area contributed by atoms with E-state index in [4.69, 9.17) is 8.83 Å². The number of oxazole rings is 1. The first-order chi connectivity index (χ1) is 18.0. The van der Waals surface area contributed by atoms with E-state index in [9.17, 15) is 27.2 Å². The summed E-state index contributed by atoms with van der Waals surface area (Å²) in [7, 11) is 0. The van der Waals surface area contributed by atoms with Crippen molar-refractivity contribution < 1.29 is 36.0 Å². The van der Waals surface area contributed by atoms with Crippen molar-refractivity contribution in [1.82, 2.24) is 15.2 Å². The highest BCUT2D eigenvalue weighted by molar-refractivity contribution is 9.10. The zero-order valence-electron chi connectivity index (χ0n) is 19.4. The average molecular weight is 590 g/mol. The molecule has 7 nitrogen and oxygen atoms in total. The Morgan fingerprint density at radius 2 is 1.26 bits per heavy atom. The van der Waals surface area contributed by atoms with Gasteiger partial charge in [0.05, 0.1) is 0 Å². The second kappa shape index (κ2) is 10.7. The van der Waals surface area contributed by atoms with Crippen LogP contribution < -0.4 is 0 Å². The van der Waals surface area contributed by atoms with Crippen LogP contribution in [0.15, 0.2) is 92.2 Å². The summed E-state index contributed by atoms with van der Waals surface area (Å²) in [5.74, 6) is -11.5. The molecule has 0 N–H and O–H groups in total. The molecule has 0 aliphatic carbocycles. The van der Waals surface area contributed by atoms with Crippen molar-refractivity contribution in [2.75, 3.05) is 0 Å². The summed E-state index contributed by atoms with van der Waals surface area (Å²) in [4.78, 5) is 27.3. The van der Waals surface area contributed by atoms with E-state index < -0.39 is 40.8 Å². The van der Waals surface area contributed by atoms with Crippen LogP contribution in [0.2, 0.25) is 0 Å². The minimum Gasteiger partial charge on any atom is -0.434 e.